The normalized spacial score (nSPS) is 16.3. The maximum absolute atomic E-state index is 12.8. The van der Waals surface area contributed by atoms with E-state index in [0.717, 1.165) is 23.9 Å². The molecule has 25 heavy (non-hydrogen) atoms. The first-order valence-corrected chi connectivity index (χ1v) is 8.24. The second-order valence-corrected chi connectivity index (χ2v) is 6.04. The Morgan fingerprint density at radius 2 is 2.08 bits per heavy atom. The summed E-state index contributed by atoms with van der Waals surface area (Å²) in [7, 11) is 0. The monoisotopic (exact) mass is 356 g/mol. The third kappa shape index (κ3) is 4.61. The van der Waals surface area contributed by atoms with Crippen LogP contribution < -0.4 is 0 Å². The molecule has 1 amide bonds. The molecule has 9 heteroatoms. The molecule has 0 aliphatic carbocycles. The van der Waals surface area contributed by atoms with Crippen molar-refractivity contribution in [3.8, 4) is 11.6 Å². The van der Waals surface area contributed by atoms with Crippen molar-refractivity contribution in [2.75, 3.05) is 13.1 Å². The fourth-order valence-corrected chi connectivity index (χ4v) is 2.88. The predicted octanol–water partition coefficient (Wildman–Crippen LogP) is 3.05. The molecule has 6 nitrogen and oxygen atoms in total. The summed E-state index contributed by atoms with van der Waals surface area (Å²) < 4.78 is 44.4. The molecule has 0 saturated carbocycles. The Kier molecular flexibility index (Phi) is 5.10. The Hall–Kier alpha value is -2.32. The first kappa shape index (κ1) is 17.5. The van der Waals surface area contributed by atoms with Crippen molar-refractivity contribution in [1.29, 1.82) is 0 Å². The third-order valence-electron chi connectivity index (χ3n) is 4.10. The van der Waals surface area contributed by atoms with Gasteiger partial charge in [0.2, 0.25) is 11.7 Å². The molecule has 3 heterocycles. The van der Waals surface area contributed by atoms with Crippen LogP contribution in [0.15, 0.2) is 22.8 Å². The van der Waals surface area contributed by atoms with Crippen molar-refractivity contribution >= 4 is 5.91 Å². The van der Waals surface area contributed by atoms with Crippen LogP contribution in [0.2, 0.25) is 0 Å². The van der Waals surface area contributed by atoms with Crippen molar-refractivity contribution in [1.82, 2.24) is 19.7 Å². The van der Waals surface area contributed by atoms with Gasteiger partial charge in [0.05, 0.1) is 6.26 Å². The molecule has 0 aromatic carbocycles. The van der Waals surface area contributed by atoms with Crippen LogP contribution >= 0.6 is 0 Å². The summed E-state index contributed by atoms with van der Waals surface area (Å²) in [6.07, 6.45) is 0.495. The van der Waals surface area contributed by atoms with E-state index in [0.29, 0.717) is 25.3 Å². The van der Waals surface area contributed by atoms with E-state index >= 15 is 0 Å². The molecule has 1 saturated heterocycles. The Bertz CT molecular complexity index is 710. The van der Waals surface area contributed by atoms with E-state index in [1.807, 2.05) is 0 Å². The highest BCUT2D eigenvalue weighted by atomic mass is 19.4. The van der Waals surface area contributed by atoms with Gasteiger partial charge in [-0.05, 0) is 25.0 Å². The number of halogens is 3. The van der Waals surface area contributed by atoms with Gasteiger partial charge in [0, 0.05) is 25.9 Å². The lowest BCUT2D eigenvalue weighted by molar-refractivity contribution is -0.143. The number of carbonyl (C=O) groups is 1. The molecule has 0 bridgehead atoms. The smallest absolute Gasteiger partial charge is 0.408 e. The van der Waals surface area contributed by atoms with Crippen LogP contribution in [0.25, 0.3) is 11.6 Å². The molecule has 1 aliphatic heterocycles. The van der Waals surface area contributed by atoms with E-state index in [1.54, 1.807) is 17.0 Å². The Morgan fingerprint density at radius 3 is 2.80 bits per heavy atom. The van der Waals surface area contributed by atoms with Crippen LogP contribution in [-0.4, -0.2) is 44.8 Å². The largest absolute Gasteiger partial charge is 0.461 e. The standard InChI is InChI=1S/C16H19F3N4O2/c17-16(18,19)11-23-13(20-15(21-23)12-5-4-10-25-12)7-9-22-8-3-1-2-6-14(22)24/h4-5,10H,1-3,6-9,11H2. The SMILES string of the molecule is O=C1CCCCCN1CCc1nc(-c2ccco2)nn1CC(F)(F)F. The molecular formula is C16H19F3N4O2. The lowest BCUT2D eigenvalue weighted by Crippen LogP contribution is -2.33. The van der Waals surface area contributed by atoms with Gasteiger partial charge in [-0.3, -0.25) is 4.79 Å². The number of furan rings is 1. The van der Waals surface area contributed by atoms with Gasteiger partial charge in [-0.25, -0.2) is 9.67 Å². The second kappa shape index (κ2) is 7.28. The van der Waals surface area contributed by atoms with Crippen LogP contribution in [0.5, 0.6) is 0 Å². The van der Waals surface area contributed by atoms with Crippen LogP contribution in [-0.2, 0) is 17.8 Å². The quantitative estimate of drug-likeness (QED) is 0.826. The second-order valence-electron chi connectivity index (χ2n) is 6.04. The number of rotatable bonds is 5. The minimum atomic E-state index is -4.40. The Morgan fingerprint density at radius 1 is 1.24 bits per heavy atom. The first-order chi connectivity index (χ1) is 11.9. The molecule has 0 unspecified atom stereocenters. The van der Waals surface area contributed by atoms with Gasteiger partial charge in [-0.15, -0.1) is 5.10 Å². The van der Waals surface area contributed by atoms with Crippen LogP contribution in [0.4, 0.5) is 13.2 Å². The first-order valence-electron chi connectivity index (χ1n) is 8.24. The highest BCUT2D eigenvalue weighted by molar-refractivity contribution is 5.76. The predicted molar refractivity (Wildman–Crippen MR) is 82.5 cm³/mol. The van der Waals surface area contributed by atoms with Gasteiger partial charge in [-0.1, -0.05) is 6.42 Å². The molecule has 1 aliphatic rings. The van der Waals surface area contributed by atoms with Crippen LogP contribution in [0.1, 0.15) is 31.5 Å². The highest BCUT2D eigenvalue weighted by Crippen LogP contribution is 2.22. The molecule has 0 radical (unpaired) electrons. The van der Waals surface area contributed by atoms with Crippen LogP contribution in [0.3, 0.4) is 0 Å². The van der Waals surface area contributed by atoms with E-state index in [1.165, 1.54) is 6.26 Å². The molecule has 3 rings (SSSR count). The molecule has 0 atom stereocenters. The number of amides is 1. The minimum Gasteiger partial charge on any atom is -0.461 e. The van der Waals surface area contributed by atoms with Crippen molar-refractivity contribution < 1.29 is 22.4 Å². The molecule has 0 spiro atoms. The number of alkyl halides is 3. The average molecular weight is 356 g/mol. The Labute approximate surface area is 142 Å². The number of hydrogen-bond acceptors (Lipinski definition) is 4. The molecule has 2 aromatic rings. The summed E-state index contributed by atoms with van der Waals surface area (Å²) in [6, 6.07) is 3.21. The minimum absolute atomic E-state index is 0.0469. The average Bonchev–Trinajstić information content (AvgIpc) is 3.13. The van der Waals surface area contributed by atoms with Crippen LogP contribution in [0, 0.1) is 0 Å². The summed E-state index contributed by atoms with van der Waals surface area (Å²) in [5.41, 5.74) is 0. The number of hydrogen-bond donors (Lipinski definition) is 0. The fraction of sp³-hybridized carbons (Fsp3) is 0.562. The number of carbonyl (C=O) groups excluding carboxylic acids is 1. The van der Waals surface area contributed by atoms with E-state index in [9.17, 15) is 18.0 Å². The fourth-order valence-electron chi connectivity index (χ4n) is 2.88. The maximum atomic E-state index is 12.8. The number of aromatic nitrogens is 3. The van der Waals surface area contributed by atoms with Gasteiger partial charge < -0.3 is 9.32 Å². The van der Waals surface area contributed by atoms with Gasteiger partial charge >= 0.3 is 6.18 Å². The molecule has 0 N–H and O–H groups in total. The molecule has 136 valence electrons. The lowest BCUT2D eigenvalue weighted by atomic mass is 10.2. The van der Waals surface area contributed by atoms with Crippen molar-refractivity contribution in [2.45, 2.75) is 44.8 Å². The van der Waals surface area contributed by atoms with Crippen molar-refractivity contribution in [3.63, 3.8) is 0 Å². The molecule has 1 fully saturated rings. The summed E-state index contributed by atoms with van der Waals surface area (Å²) in [4.78, 5) is 17.9. The summed E-state index contributed by atoms with van der Waals surface area (Å²) in [6.45, 7) is -0.242. The summed E-state index contributed by atoms with van der Waals surface area (Å²) >= 11 is 0. The van der Waals surface area contributed by atoms with Gasteiger partial charge in [0.1, 0.15) is 12.4 Å². The van der Waals surface area contributed by atoms with E-state index in [2.05, 4.69) is 10.1 Å². The molecular weight excluding hydrogens is 337 g/mol. The van der Waals surface area contributed by atoms with E-state index in [-0.39, 0.29) is 24.0 Å². The van der Waals surface area contributed by atoms with Gasteiger partial charge in [0.25, 0.3) is 0 Å². The van der Waals surface area contributed by atoms with E-state index in [4.69, 9.17) is 4.42 Å². The van der Waals surface area contributed by atoms with Crippen molar-refractivity contribution in [2.24, 2.45) is 0 Å². The zero-order chi connectivity index (χ0) is 17.9. The number of nitrogens with zero attached hydrogens (tertiary/aromatic N) is 4. The lowest BCUT2D eigenvalue weighted by Gasteiger charge is -2.20. The van der Waals surface area contributed by atoms with Gasteiger partial charge in [0.15, 0.2) is 5.76 Å². The Balaban J connectivity index is 1.77. The molecule has 2 aromatic heterocycles. The summed E-state index contributed by atoms with van der Waals surface area (Å²) in [5.74, 6) is 0.672. The number of likely N-dealkylation sites (tertiary alicyclic amines) is 1. The topological polar surface area (TPSA) is 64.2 Å². The maximum Gasteiger partial charge on any atom is 0.408 e. The van der Waals surface area contributed by atoms with Gasteiger partial charge in [-0.2, -0.15) is 13.2 Å². The zero-order valence-electron chi connectivity index (χ0n) is 13.6. The highest BCUT2D eigenvalue weighted by Gasteiger charge is 2.31. The van der Waals surface area contributed by atoms with E-state index < -0.39 is 12.7 Å². The third-order valence-corrected chi connectivity index (χ3v) is 4.10. The van der Waals surface area contributed by atoms with Crippen molar-refractivity contribution in [3.05, 3.63) is 24.2 Å². The zero-order valence-corrected chi connectivity index (χ0v) is 13.6. The summed E-state index contributed by atoms with van der Waals surface area (Å²) in [5, 5.41) is 3.93.